The van der Waals surface area contributed by atoms with Crippen molar-refractivity contribution in [3.05, 3.63) is 128 Å². The maximum atomic E-state index is 2.26. The predicted molar refractivity (Wildman–Crippen MR) is 124 cm³/mol. The Morgan fingerprint density at radius 2 is 0.607 bits per heavy atom. The van der Waals surface area contributed by atoms with Crippen molar-refractivity contribution in [3.63, 3.8) is 0 Å². The maximum Gasteiger partial charge on any atom is 0.128 e. The van der Waals surface area contributed by atoms with Crippen LogP contribution in [0.5, 0.6) is 0 Å². The maximum absolute atomic E-state index is 2.26. The molecular formula is C27H25B. The van der Waals surface area contributed by atoms with Gasteiger partial charge in [0.2, 0.25) is 0 Å². The van der Waals surface area contributed by atoms with Crippen molar-refractivity contribution >= 4 is 28.0 Å². The summed E-state index contributed by atoms with van der Waals surface area (Å²) in [5.41, 5.74) is 5.36. The Morgan fingerprint density at radius 1 is 0.393 bits per heavy atom. The van der Waals surface area contributed by atoms with Crippen LogP contribution in [0.3, 0.4) is 0 Å². The van der Waals surface area contributed by atoms with Crippen LogP contribution in [0.15, 0.2) is 121 Å². The molecule has 1 heteroatoms. The molecule has 28 heavy (non-hydrogen) atoms. The van der Waals surface area contributed by atoms with E-state index in [-0.39, 0.29) is 0 Å². The predicted octanol–water partition coefficient (Wildman–Crippen LogP) is 4.05. The van der Waals surface area contributed by atoms with Crippen molar-refractivity contribution in [2.24, 2.45) is 0 Å². The highest BCUT2D eigenvalue weighted by molar-refractivity contribution is 7.19. The number of rotatable bonds is 4. The van der Waals surface area contributed by atoms with E-state index in [1.165, 1.54) is 34.7 Å². The van der Waals surface area contributed by atoms with Gasteiger partial charge in [-0.25, -0.2) is 0 Å². The zero-order valence-corrected chi connectivity index (χ0v) is 16.1. The summed E-state index contributed by atoms with van der Waals surface area (Å²) in [6.45, 7) is 0. The van der Waals surface area contributed by atoms with Crippen LogP contribution in [0.2, 0.25) is 0 Å². The highest BCUT2D eigenvalue weighted by Gasteiger charge is 2.30. The van der Waals surface area contributed by atoms with Crippen molar-refractivity contribution in [3.8, 4) is 0 Å². The van der Waals surface area contributed by atoms with Gasteiger partial charge in [-0.3, -0.25) is 0 Å². The molecule has 1 fully saturated rings. The quantitative estimate of drug-likeness (QED) is 0.381. The molecule has 0 atom stereocenters. The molecule has 0 saturated heterocycles. The highest BCUT2D eigenvalue weighted by Crippen LogP contribution is 2.12. The fraction of sp³-hybridized carbons (Fsp3) is 0.0741. The molecular weight excluding hydrogens is 335 g/mol. The van der Waals surface area contributed by atoms with Crippen molar-refractivity contribution in [1.82, 2.24) is 0 Å². The summed E-state index contributed by atoms with van der Waals surface area (Å²) in [4.78, 5) is 0. The fourth-order valence-electron chi connectivity index (χ4n) is 4.12. The van der Waals surface area contributed by atoms with E-state index in [1.54, 1.807) is 0 Å². The van der Waals surface area contributed by atoms with Gasteiger partial charge >= 0.3 is 0 Å². The molecule has 0 heterocycles. The summed E-state index contributed by atoms with van der Waals surface area (Å²) in [7, 11) is 0. The Morgan fingerprint density at radius 3 is 0.786 bits per heavy atom. The van der Waals surface area contributed by atoms with Crippen molar-refractivity contribution < 1.29 is 0 Å². The Bertz CT molecular complexity index is 795. The van der Waals surface area contributed by atoms with Crippen LogP contribution in [0.4, 0.5) is 0 Å². The van der Waals surface area contributed by atoms with Crippen LogP contribution < -0.4 is 21.9 Å². The first-order valence-electron chi connectivity index (χ1n) is 10.1. The first-order valence-corrected chi connectivity index (χ1v) is 10.1. The largest absolute Gasteiger partial charge is 0.195 e. The highest BCUT2D eigenvalue weighted by atomic mass is 14.1. The van der Waals surface area contributed by atoms with Gasteiger partial charge in [-0.2, -0.15) is 21.9 Å². The van der Waals surface area contributed by atoms with Crippen LogP contribution in [0, 0.1) is 6.42 Å². The molecule has 0 N–H and O–H groups in total. The third-order valence-electron chi connectivity index (χ3n) is 5.49. The second-order valence-corrected chi connectivity index (χ2v) is 7.37. The third-order valence-corrected chi connectivity index (χ3v) is 5.49. The van der Waals surface area contributed by atoms with Gasteiger partial charge in [0.05, 0.1) is 6.42 Å². The zero-order chi connectivity index (χ0) is 19.1. The summed E-state index contributed by atoms with van der Waals surface area (Å²) in [5.74, 6) is 0. The average Bonchev–Trinajstić information content (AvgIpc) is 3.67. The molecule has 0 spiro atoms. The normalized spacial score (nSPS) is 12.3. The van der Waals surface area contributed by atoms with Crippen LogP contribution in [0.1, 0.15) is 12.8 Å². The lowest BCUT2D eigenvalue weighted by atomic mass is 9.13. The van der Waals surface area contributed by atoms with Gasteiger partial charge in [0.25, 0.3) is 0 Å². The van der Waals surface area contributed by atoms with E-state index in [2.05, 4.69) is 128 Å². The smallest absolute Gasteiger partial charge is 0.128 e. The van der Waals surface area contributed by atoms with Gasteiger partial charge in [0.1, 0.15) is 19.0 Å². The van der Waals surface area contributed by atoms with E-state index >= 15 is 0 Å². The van der Waals surface area contributed by atoms with Gasteiger partial charge in [0, 0.05) is 0 Å². The second kappa shape index (κ2) is 8.67. The van der Waals surface area contributed by atoms with E-state index in [1.807, 2.05) is 0 Å². The molecule has 1 aliphatic rings. The van der Waals surface area contributed by atoms with E-state index in [0.717, 1.165) is 0 Å². The first kappa shape index (κ1) is 18.2. The van der Waals surface area contributed by atoms with Crippen molar-refractivity contribution in [1.29, 1.82) is 0 Å². The SMILES string of the molecule is [CH+]1CC1.c1ccc([B-](c2ccccc2)(c2ccccc2)c2ccccc2)cc1. The van der Waals surface area contributed by atoms with Crippen LogP contribution in [0.25, 0.3) is 0 Å². The topological polar surface area (TPSA) is 0 Å². The summed E-state index contributed by atoms with van der Waals surface area (Å²) in [6, 6.07) is 43.5. The van der Waals surface area contributed by atoms with E-state index < -0.39 is 6.15 Å². The molecule has 0 bridgehead atoms. The molecule has 136 valence electrons. The average molecular weight is 360 g/mol. The minimum absolute atomic E-state index is 1.22. The molecule has 0 aromatic heterocycles. The Labute approximate surface area is 168 Å². The molecule has 0 aliphatic heterocycles. The van der Waals surface area contributed by atoms with E-state index in [9.17, 15) is 0 Å². The first-order chi connectivity index (χ1) is 13.9. The van der Waals surface area contributed by atoms with Gasteiger partial charge in [-0.15, -0.1) is 0 Å². The molecule has 0 radical (unpaired) electrons. The van der Waals surface area contributed by atoms with Crippen molar-refractivity contribution in [2.75, 3.05) is 0 Å². The number of benzene rings is 4. The number of hydrogen-bond donors (Lipinski definition) is 0. The summed E-state index contributed by atoms with van der Waals surface area (Å²) in [6.07, 6.45) is 3.78. The van der Waals surface area contributed by atoms with Gasteiger partial charge in [-0.1, -0.05) is 121 Å². The molecule has 4 aromatic rings. The molecule has 1 saturated carbocycles. The van der Waals surface area contributed by atoms with Crippen LogP contribution >= 0.6 is 0 Å². The Kier molecular flexibility index (Phi) is 5.63. The third kappa shape index (κ3) is 3.75. The molecule has 0 unspecified atom stereocenters. The minimum atomic E-state index is -1.22. The van der Waals surface area contributed by atoms with Crippen LogP contribution in [-0.4, -0.2) is 6.15 Å². The van der Waals surface area contributed by atoms with E-state index in [4.69, 9.17) is 0 Å². The van der Waals surface area contributed by atoms with Crippen molar-refractivity contribution in [2.45, 2.75) is 12.8 Å². The number of hydrogen-bond acceptors (Lipinski definition) is 0. The standard InChI is InChI=1S/C24H20B.C3H5/c1-5-13-21(14-6-1)25(22-15-7-2-8-16-22,23-17-9-3-10-18-23)24-19-11-4-12-20-24;1-2-3-1/h1-20H;1H,2-3H2/q-1;+1. The molecule has 4 aromatic carbocycles. The Hall–Kier alpha value is -3.19. The lowest BCUT2D eigenvalue weighted by Gasteiger charge is -2.44. The zero-order valence-electron chi connectivity index (χ0n) is 16.1. The van der Waals surface area contributed by atoms with Gasteiger partial charge in [-0.05, 0) is 0 Å². The minimum Gasteiger partial charge on any atom is -0.195 e. The van der Waals surface area contributed by atoms with E-state index in [0.29, 0.717) is 0 Å². The van der Waals surface area contributed by atoms with Gasteiger partial charge in [0.15, 0.2) is 0 Å². The Balaban J connectivity index is 0.000000586. The summed E-state index contributed by atoms with van der Waals surface area (Å²) in [5, 5.41) is 0. The molecule has 0 amide bonds. The lowest BCUT2D eigenvalue weighted by molar-refractivity contribution is 1.50. The van der Waals surface area contributed by atoms with Gasteiger partial charge < -0.3 is 0 Å². The lowest BCUT2D eigenvalue weighted by Crippen LogP contribution is -2.74. The second-order valence-electron chi connectivity index (χ2n) is 7.37. The monoisotopic (exact) mass is 360 g/mol. The summed E-state index contributed by atoms with van der Waals surface area (Å²) < 4.78 is 0. The molecule has 0 nitrogen and oxygen atoms in total. The molecule has 1 aliphatic carbocycles. The molecule has 5 rings (SSSR count). The van der Waals surface area contributed by atoms with Crippen LogP contribution in [-0.2, 0) is 0 Å². The summed E-state index contributed by atoms with van der Waals surface area (Å²) >= 11 is 0. The fourth-order valence-corrected chi connectivity index (χ4v) is 4.12.